The van der Waals surface area contributed by atoms with E-state index in [0.29, 0.717) is 0 Å². The summed E-state index contributed by atoms with van der Waals surface area (Å²) in [5, 5.41) is 5.44. The van der Waals surface area contributed by atoms with Crippen molar-refractivity contribution in [3.8, 4) is 5.75 Å². The standard InChI is InChI=1S/C17H17BrN2O2/c1-12-11-14(7-8-15(12)18)20-17(21)19-10-9-13-5-3-4-6-16(13)22-2/h3-11H,1-2H3,(H2,19,20,21)/b10-9+. The van der Waals surface area contributed by atoms with Gasteiger partial charge in [-0.2, -0.15) is 0 Å². The molecule has 22 heavy (non-hydrogen) atoms. The Kier molecular flexibility index (Phi) is 5.61. The fourth-order valence-corrected chi connectivity index (χ4v) is 2.15. The van der Waals surface area contributed by atoms with Crippen LogP contribution in [0.15, 0.2) is 53.1 Å². The first-order valence-corrected chi connectivity index (χ1v) is 7.52. The lowest BCUT2D eigenvalue weighted by Gasteiger charge is -2.07. The molecule has 2 amide bonds. The molecule has 0 aromatic heterocycles. The summed E-state index contributed by atoms with van der Waals surface area (Å²) in [5.74, 6) is 0.754. The van der Waals surface area contributed by atoms with Gasteiger partial charge in [0.15, 0.2) is 0 Å². The van der Waals surface area contributed by atoms with Crippen molar-refractivity contribution in [1.29, 1.82) is 0 Å². The molecule has 2 rings (SSSR count). The van der Waals surface area contributed by atoms with Crippen LogP contribution in [0.1, 0.15) is 11.1 Å². The molecular weight excluding hydrogens is 344 g/mol. The summed E-state index contributed by atoms with van der Waals surface area (Å²) < 4.78 is 6.25. The van der Waals surface area contributed by atoms with Crippen LogP contribution in [-0.4, -0.2) is 13.1 Å². The average Bonchev–Trinajstić information content (AvgIpc) is 2.51. The lowest BCUT2D eigenvalue weighted by atomic mass is 10.2. The lowest BCUT2D eigenvalue weighted by Crippen LogP contribution is -2.23. The average molecular weight is 361 g/mol. The van der Waals surface area contributed by atoms with E-state index in [-0.39, 0.29) is 6.03 Å². The number of urea groups is 1. The van der Waals surface area contributed by atoms with Crippen LogP contribution >= 0.6 is 15.9 Å². The largest absolute Gasteiger partial charge is 0.496 e. The summed E-state index contributed by atoms with van der Waals surface area (Å²) in [6.45, 7) is 1.97. The molecule has 0 fully saturated rings. The summed E-state index contributed by atoms with van der Waals surface area (Å²) in [5.41, 5.74) is 2.69. The molecule has 0 bridgehead atoms. The van der Waals surface area contributed by atoms with E-state index in [0.717, 1.165) is 27.0 Å². The van der Waals surface area contributed by atoms with Crippen LogP contribution in [0, 0.1) is 6.92 Å². The van der Waals surface area contributed by atoms with Gasteiger partial charge in [0.1, 0.15) is 5.75 Å². The van der Waals surface area contributed by atoms with Gasteiger partial charge in [-0.3, -0.25) is 0 Å². The van der Waals surface area contributed by atoms with Gasteiger partial charge in [0.2, 0.25) is 0 Å². The summed E-state index contributed by atoms with van der Waals surface area (Å²) in [4.78, 5) is 11.8. The fourth-order valence-electron chi connectivity index (χ4n) is 1.90. The molecule has 0 saturated carbocycles. The maximum Gasteiger partial charge on any atom is 0.323 e. The van der Waals surface area contributed by atoms with Gasteiger partial charge in [-0.1, -0.05) is 34.1 Å². The maximum absolute atomic E-state index is 11.8. The number of para-hydroxylation sites is 1. The summed E-state index contributed by atoms with van der Waals surface area (Å²) in [7, 11) is 1.61. The number of ether oxygens (including phenoxy) is 1. The van der Waals surface area contributed by atoms with E-state index < -0.39 is 0 Å². The molecule has 0 aliphatic carbocycles. The van der Waals surface area contributed by atoms with Gasteiger partial charge in [-0.15, -0.1) is 0 Å². The monoisotopic (exact) mass is 360 g/mol. The third kappa shape index (κ3) is 4.36. The Balaban J connectivity index is 1.95. The minimum absolute atomic E-state index is 0.298. The Morgan fingerprint density at radius 2 is 2.00 bits per heavy atom. The number of halogens is 1. The van der Waals surface area contributed by atoms with Crippen molar-refractivity contribution in [1.82, 2.24) is 5.32 Å². The van der Waals surface area contributed by atoms with Crippen molar-refractivity contribution < 1.29 is 9.53 Å². The van der Waals surface area contributed by atoms with Crippen molar-refractivity contribution >= 4 is 33.7 Å². The lowest BCUT2D eigenvalue weighted by molar-refractivity contribution is 0.255. The van der Waals surface area contributed by atoms with Crippen molar-refractivity contribution in [3.63, 3.8) is 0 Å². The molecule has 2 aromatic rings. The maximum atomic E-state index is 11.8. The van der Waals surface area contributed by atoms with Gasteiger partial charge in [-0.25, -0.2) is 4.79 Å². The second-order valence-corrected chi connectivity index (χ2v) is 5.49. The molecule has 0 aliphatic rings. The van der Waals surface area contributed by atoms with Crippen LogP contribution in [-0.2, 0) is 0 Å². The van der Waals surface area contributed by atoms with Gasteiger partial charge in [-0.05, 0) is 42.8 Å². The topological polar surface area (TPSA) is 50.4 Å². The second-order valence-electron chi connectivity index (χ2n) is 4.64. The molecule has 0 atom stereocenters. The first-order valence-electron chi connectivity index (χ1n) is 6.73. The van der Waals surface area contributed by atoms with E-state index in [4.69, 9.17) is 4.74 Å². The van der Waals surface area contributed by atoms with Gasteiger partial charge in [0, 0.05) is 21.9 Å². The SMILES string of the molecule is COc1ccccc1/C=C/NC(=O)Nc1ccc(Br)c(C)c1. The highest BCUT2D eigenvalue weighted by Crippen LogP contribution is 2.20. The van der Waals surface area contributed by atoms with Gasteiger partial charge >= 0.3 is 6.03 Å². The van der Waals surface area contributed by atoms with Gasteiger partial charge in [0.05, 0.1) is 7.11 Å². The smallest absolute Gasteiger partial charge is 0.323 e. The third-order valence-electron chi connectivity index (χ3n) is 3.03. The number of aryl methyl sites for hydroxylation is 1. The predicted molar refractivity (Wildman–Crippen MR) is 93.1 cm³/mol. The van der Waals surface area contributed by atoms with Crippen molar-refractivity contribution in [2.24, 2.45) is 0 Å². The summed E-state index contributed by atoms with van der Waals surface area (Å²) in [6.07, 6.45) is 3.37. The van der Waals surface area contributed by atoms with E-state index in [9.17, 15) is 4.79 Å². The molecule has 114 valence electrons. The van der Waals surface area contributed by atoms with E-state index in [1.807, 2.05) is 49.4 Å². The molecule has 0 aliphatic heterocycles. The third-order valence-corrected chi connectivity index (χ3v) is 3.92. The van der Waals surface area contributed by atoms with Crippen LogP contribution in [0.4, 0.5) is 10.5 Å². The van der Waals surface area contributed by atoms with E-state index in [2.05, 4.69) is 26.6 Å². The highest BCUT2D eigenvalue weighted by molar-refractivity contribution is 9.10. The number of nitrogens with one attached hydrogen (secondary N) is 2. The Bertz CT molecular complexity index is 699. The first kappa shape index (κ1) is 16.1. The first-order chi connectivity index (χ1) is 10.6. The van der Waals surface area contributed by atoms with Gasteiger partial charge < -0.3 is 15.4 Å². The number of carbonyl (C=O) groups excluding carboxylic acids is 1. The van der Waals surface area contributed by atoms with Gasteiger partial charge in [0.25, 0.3) is 0 Å². The molecule has 0 saturated heterocycles. The minimum Gasteiger partial charge on any atom is -0.496 e. The van der Waals surface area contributed by atoms with E-state index in [1.54, 1.807) is 19.4 Å². The van der Waals surface area contributed by atoms with E-state index >= 15 is 0 Å². The number of carbonyl (C=O) groups is 1. The normalized spacial score (nSPS) is 10.5. The number of rotatable bonds is 4. The Labute approximate surface area is 138 Å². The summed E-state index contributed by atoms with van der Waals surface area (Å²) in [6, 6.07) is 12.9. The predicted octanol–water partition coefficient (Wildman–Crippen LogP) is 4.56. The Hall–Kier alpha value is -2.27. The highest BCUT2D eigenvalue weighted by Gasteiger charge is 2.02. The van der Waals surface area contributed by atoms with Crippen LogP contribution in [0.3, 0.4) is 0 Å². The van der Waals surface area contributed by atoms with Crippen LogP contribution in [0.5, 0.6) is 5.75 Å². The molecule has 2 aromatic carbocycles. The zero-order valence-corrected chi connectivity index (χ0v) is 14.0. The Morgan fingerprint density at radius 3 is 2.73 bits per heavy atom. The molecule has 4 nitrogen and oxygen atoms in total. The second kappa shape index (κ2) is 7.66. The quantitative estimate of drug-likeness (QED) is 0.839. The molecule has 0 unspecified atom stereocenters. The number of benzene rings is 2. The minimum atomic E-state index is -0.298. The molecule has 5 heteroatoms. The zero-order valence-electron chi connectivity index (χ0n) is 12.4. The van der Waals surface area contributed by atoms with Crippen LogP contribution in [0.2, 0.25) is 0 Å². The van der Waals surface area contributed by atoms with Crippen molar-refractivity contribution in [3.05, 3.63) is 64.3 Å². The van der Waals surface area contributed by atoms with E-state index in [1.165, 1.54) is 0 Å². The number of amides is 2. The molecule has 0 heterocycles. The Morgan fingerprint density at radius 1 is 1.23 bits per heavy atom. The highest BCUT2D eigenvalue weighted by atomic mass is 79.9. The number of hydrogen-bond donors (Lipinski definition) is 2. The molecule has 2 N–H and O–H groups in total. The molecule has 0 spiro atoms. The van der Waals surface area contributed by atoms with Crippen LogP contribution in [0.25, 0.3) is 6.08 Å². The van der Waals surface area contributed by atoms with Crippen LogP contribution < -0.4 is 15.4 Å². The number of methoxy groups -OCH3 is 1. The molecular formula is C17H17BrN2O2. The number of hydrogen-bond acceptors (Lipinski definition) is 2. The summed E-state index contributed by atoms with van der Waals surface area (Å²) >= 11 is 3.43. The van der Waals surface area contributed by atoms with Crippen molar-refractivity contribution in [2.45, 2.75) is 6.92 Å². The number of anilines is 1. The van der Waals surface area contributed by atoms with Crippen molar-refractivity contribution in [2.75, 3.05) is 12.4 Å². The molecule has 0 radical (unpaired) electrons. The fraction of sp³-hybridized carbons (Fsp3) is 0.118. The zero-order chi connectivity index (χ0) is 15.9.